The molecule has 0 aromatic heterocycles. The molecular weight excluding hydrogens is 456 g/mol. The number of carbonyl (C=O) groups excluding carboxylic acids is 1. The normalized spacial score (nSPS) is 14.4. The summed E-state index contributed by atoms with van der Waals surface area (Å²) in [5.41, 5.74) is 1.17. The molecule has 8 nitrogen and oxygen atoms in total. The van der Waals surface area contributed by atoms with Crippen LogP contribution in [-0.2, 0) is 21.2 Å². The molecule has 1 heterocycles. The van der Waals surface area contributed by atoms with E-state index in [1.54, 1.807) is 6.07 Å². The van der Waals surface area contributed by atoms with Gasteiger partial charge in [-0.15, -0.1) is 0 Å². The Labute approximate surface area is 202 Å². The van der Waals surface area contributed by atoms with Crippen molar-refractivity contribution in [3.8, 4) is 17.2 Å². The second-order valence-corrected chi connectivity index (χ2v) is 10.4. The first-order chi connectivity index (χ1) is 16.2. The van der Waals surface area contributed by atoms with Gasteiger partial charge in [-0.2, -0.15) is 0 Å². The molecule has 2 N–H and O–H groups in total. The van der Waals surface area contributed by atoms with Crippen molar-refractivity contribution < 1.29 is 27.4 Å². The van der Waals surface area contributed by atoms with Crippen molar-refractivity contribution in [3.63, 3.8) is 0 Å². The number of fused-ring (bicyclic) bond motifs is 1. The molecule has 1 unspecified atom stereocenters. The van der Waals surface area contributed by atoms with Crippen LogP contribution in [0.15, 0.2) is 47.4 Å². The molecular formula is C25H34N2O6S. The zero-order chi connectivity index (χ0) is 24.6. The minimum absolute atomic E-state index is 0.00659. The number of sulfonamides is 1. The molecule has 3 rings (SSSR count). The van der Waals surface area contributed by atoms with Crippen LogP contribution in [0.4, 0.5) is 0 Å². The molecule has 0 fully saturated rings. The van der Waals surface area contributed by atoms with E-state index in [1.807, 2.05) is 45.0 Å². The maximum Gasteiger partial charge on any atom is 0.240 e. The van der Waals surface area contributed by atoms with Gasteiger partial charge in [0.05, 0.1) is 24.2 Å². The fourth-order valence-electron chi connectivity index (χ4n) is 3.50. The Balaban J connectivity index is 1.41. The third-order valence-corrected chi connectivity index (χ3v) is 6.70. The molecule has 0 spiro atoms. The Hall–Kier alpha value is -2.78. The zero-order valence-electron chi connectivity index (χ0n) is 20.0. The van der Waals surface area contributed by atoms with E-state index < -0.39 is 10.0 Å². The molecule has 0 radical (unpaired) electrons. The maximum absolute atomic E-state index is 12.6. The van der Waals surface area contributed by atoms with Crippen molar-refractivity contribution in [1.29, 1.82) is 0 Å². The van der Waals surface area contributed by atoms with Crippen molar-refractivity contribution in [1.82, 2.24) is 10.0 Å². The molecule has 2 aromatic carbocycles. The third-order valence-electron chi connectivity index (χ3n) is 5.24. The lowest BCUT2D eigenvalue weighted by Gasteiger charge is -2.15. The van der Waals surface area contributed by atoms with Gasteiger partial charge in [0.1, 0.15) is 5.75 Å². The van der Waals surface area contributed by atoms with E-state index in [0.29, 0.717) is 24.7 Å². The van der Waals surface area contributed by atoms with Crippen LogP contribution in [0.5, 0.6) is 17.2 Å². The first-order valence-corrected chi connectivity index (χ1v) is 13.2. The van der Waals surface area contributed by atoms with Crippen molar-refractivity contribution in [3.05, 3.63) is 48.0 Å². The lowest BCUT2D eigenvalue weighted by atomic mass is 10.1. The summed E-state index contributed by atoms with van der Waals surface area (Å²) in [5.74, 6) is 1.59. The molecule has 0 saturated heterocycles. The first-order valence-electron chi connectivity index (χ1n) is 11.7. The number of hydrogen-bond donors (Lipinski definition) is 2. The number of amides is 1. The number of carbonyl (C=O) groups is 1. The van der Waals surface area contributed by atoms with Gasteiger partial charge in [0.2, 0.25) is 15.9 Å². The first kappa shape index (κ1) is 25.8. The highest BCUT2D eigenvalue weighted by atomic mass is 32.2. The topological polar surface area (TPSA) is 103 Å². The highest BCUT2D eigenvalue weighted by molar-refractivity contribution is 7.89. The monoisotopic (exact) mass is 490 g/mol. The van der Waals surface area contributed by atoms with E-state index >= 15 is 0 Å². The molecule has 0 saturated carbocycles. The molecule has 186 valence electrons. The Morgan fingerprint density at radius 1 is 1.03 bits per heavy atom. The summed E-state index contributed by atoms with van der Waals surface area (Å²) >= 11 is 0. The van der Waals surface area contributed by atoms with E-state index in [9.17, 15) is 13.2 Å². The quantitative estimate of drug-likeness (QED) is 0.500. The van der Waals surface area contributed by atoms with Gasteiger partial charge in [-0.05, 0) is 63.4 Å². The van der Waals surface area contributed by atoms with Crippen LogP contribution in [0.3, 0.4) is 0 Å². The Bertz CT molecular complexity index is 1050. The van der Waals surface area contributed by atoms with E-state index in [4.69, 9.17) is 14.2 Å². The lowest BCUT2D eigenvalue weighted by molar-refractivity contribution is -0.121. The van der Waals surface area contributed by atoms with Crippen LogP contribution in [0.2, 0.25) is 0 Å². The van der Waals surface area contributed by atoms with E-state index in [-0.39, 0.29) is 35.9 Å². The summed E-state index contributed by atoms with van der Waals surface area (Å²) in [6.45, 7) is 6.93. The summed E-state index contributed by atoms with van der Waals surface area (Å²) < 4.78 is 44.4. The van der Waals surface area contributed by atoms with Gasteiger partial charge in [0, 0.05) is 31.5 Å². The highest BCUT2D eigenvalue weighted by Gasteiger charge is 2.19. The van der Waals surface area contributed by atoms with E-state index in [0.717, 1.165) is 25.0 Å². The molecule has 9 heteroatoms. The van der Waals surface area contributed by atoms with Gasteiger partial charge in [-0.1, -0.05) is 12.1 Å². The number of aryl methyl sites for hydroxylation is 1. The summed E-state index contributed by atoms with van der Waals surface area (Å²) in [6, 6.07) is 12.4. The minimum atomic E-state index is -3.76. The SMILES string of the molecule is CC(CCc1ccc(OC(C)C)cc1)NC(=O)CCNS(=O)(=O)c1ccc2c(c1)OCCCO2. The standard InChI is InChI=1S/C25H34N2O6S/c1-18(2)33-21-9-7-20(8-10-21)6-5-19(3)27-25(28)13-14-26-34(29,30)22-11-12-23-24(17-22)32-16-4-15-31-23/h7-12,17-19,26H,4-6,13-16H2,1-3H3,(H,27,28). The Morgan fingerprint density at radius 2 is 1.74 bits per heavy atom. The number of benzene rings is 2. The zero-order valence-corrected chi connectivity index (χ0v) is 20.8. The molecule has 0 bridgehead atoms. The number of rotatable bonds is 11. The number of nitrogens with one attached hydrogen (secondary N) is 2. The maximum atomic E-state index is 12.6. The predicted molar refractivity (Wildman–Crippen MR) is 130 cm³/mol. The Kier molecular flexibility index (Phi) is 9.18. The Morgan fingerprint density at radius 3 is 2.44 bits per heavy atom. The summed E-state index contributed by atoms with van der Waals surface area (Å²) in [5, 5.41) is 2.93. The van der Waals surface area contributed by atoms with Crippen LogP contribution in [0.1, 0.15) is 45.6 Å². The van der Waals surface area contributed by atoms with Gasteiger partial charge in [-0.3, -0.25) is 4.79 Å². The molecule has 34 heavy (non-hydrogen) atoms. The third kappa shape index (κ3) is 7.92. The molecule has 1 aliphatic heterocycles. The van der Waals surface area contributed by atoms with Gasteiger partial charge >= 0.3 is 0 Å². The number of ether oxygens (including phenoxy) is 3. The van der Waals surface area contributed by atoms with Crippen LogP contribution in [0.25, 0.3) is 0 Å². The van der Waals surface area contributed by atoms with E-state index in [1.165, 1.54) is 17.7 Å². The summed E-state index contributed by atoms with van der Waals surface area (Å²) in [6.07, 6.45) is 2.52. The van der Waals surface area contributed by atoms with Crippen molar-refractivity contribution in [2.75, 3.05) is 19.8 Å². The fraction of sp³-hybridized carbons (Fsp3) is 0.480. The summed E-state index contributed by atoms with van der Waals surface area (Å²) in [4.78, 5) is 12.3. The van der Waals surface area contributed by atoms with Crippen LogP contribution in [-0.4, -0.2) is 46.2 Å². The predicted octanol–water partition coefficient (Wildman–Crippen LogP) is 3.44. The van der Waals surface area contributed by atoms with Crippen molar-refractivity contribution in [2.45, 2.75) is 63.5 Å². The lowest BCUT2D eigenvalue weighted by Crippen LogP contribution is -2.35. The van der Waals surface area contributed by atoms with Crippen LogP contribution >= 0.6 is 0 Å². The molecule has 1 aliphatic rings. The smallest absolute Gasteiger partial charge is 0.240 e. The molecule has 0 aliphatic carbocycles. The average Bonchev–Trinajstić information content (AvgIpc) is 3.03. The van der Waals surface area contributed by atoms with Crippen LogP contribution in [0, 0.1) is 0 Å². The molecule has 2 aromatic rings. The summed E-state index contributed by atoms with van der Waals surface area (Å²) in [7, 11) is -3.76. The van der Waals surface area contributed by atoms with Gasteiger partial charge in [-0.25, -0.2) is 13.1 Å². The second-order valence-electron chi connectivity index (χ2n) is 8.62. The van der Waals surface area contributed by atoms with Gasteiger partial charge in [0.15, 0.2) is 11.5 Å². The minimum Gasteiger partial charge on any atom is -0.491 e. The van der Waals surface area contributed by atoms with Crippen LogP contribution < -0.4 is 24.2 Å². The largest absolute Gasteiger partial charge is 0.491 e. The van der Waals surface area contributed by atoms with Gasteiger partial charge < -0.3 is 19.5 Å². The van der Waals surface area contributed by atoms with Gasteiger partial charge in [0.25, 0.3) is 0 Å². The second kappa shape index (κ2) is 12.1. The van der Waals surface area contributed by atoms with Crippen molar-refractivity contribution >= 4 is 15.9 Å². The fourth-order valence-corrected chi connectivity index (χ4v) is 4.55. The average molecular weight is 491 g/mol. The molecule has 1 atom stereocenters. The molecule has 1 amide bonds. The highest BCUT2D eigenvalue weighted by Crippen LogP contribution is 2.31. The van der Waals surface area contributed by atoms with E-state index in [2.05, 4.69) is 10.0 Å². The number of hydrogen-bond acceptors (Lipinski definition) is 6. The van der Waals surface area contributed by atoms with Crippen molar-refractivity contribution in [2.24, 2.45) is 0 Å².